The molecule has 8 aliphatic rings. The van der Waals surface area contributed by atoms with Crippen molar-refractivity contribution in [2.75, 3.05) is 19.8 Å². The topological polar surface area (TPSA) is 257 Å². The molecule has 88 heavy (non-hydrogen) atoms. The van der Waals surface area contributed by atoms with Crippen LogP contribution in [0.3, 0.4) is 0 Å². The van der Waals surface area contributed by atoms with Gasteiger partial charge in [-0.25, -0.2) is 54.8 Å². The molecule has 0 saturated carbocycles. The number of ether oxygens (including phenoxy) is 3. The van der Waals surface area contributed by atoms with Crippen molar-refractivity contribution in [3.8, 4) is 44.5 Å². The van der Waals surface area contributed by atoms with Crippen LogP contribution in [0.4, 0.5) is 0 Å². The molecule has 2 N–H and O–H groups in total. The maximum atomic E-state index is 13.0. The highest BCUT2D eigenvalue weighted by Crippen LogP contribution is 2.43. The van der Waals surface area contributed by atoms with Gasteiger partial charge in [-0.1, -0.05) is 72.8 Å². The van der Waals surface area contributed by atoms with Gasteiger partial charge in [-0.3, -0.25) is 19.4 Å². The number of nitrogens with two attached hydrogens (primary N) is 1. The van der Waals surface area contributed by atoms with E-state index in [4.69, 9.17) is 24.9 Å². The van der Waals surface area contributed by atoms with E-state index in [0.29, 0.717) is 56.8 Å². The number of Topliss-reactive ketones (excluding diaryl/α,β-unsaturated/α-hetero) is 3. The Balaban J connectivity index is 0.000000108. The van der Waals surface area contributed by atoms with Gasteiger partial charge < -0.3 is 19.9 Å². The van der Waals surface area contributed by atoms with Crippen molar-refractivity contribution in [1.82, 2.24) is 39.9 Å². The van der Waals surface area contributed by atoms with E-state index >= 15 is 0 Å². The van der Waals surface area contributed by atoms with Crippen LogP contribution in [-0.4, -0.2) is 123 Å². The molecule has 0 bridgehead atoms. The van der Waals surface area contributed by atoms with Crippen molar-refractivity contribution < 1.29 is 28.6 Å². The van der Waals surface area contributed by atoms with Crippen molar-refractivity contribution in [1.29, 1.82) is 0 Å². The van der Waals surface area contributed by atoms with Gasteiger partial charge in [0.1, 0.15) is 45.1 Å². The van der Waals surface area contributed by atoms with Gasteiger partial charge >= 0.3 is 0 Å². The van der Waals surface area contributed by atoms with Crippen LogP contribution >= 0.6 is 0 Å². The number of aliphatic imine (C=N–C) groups is 4. The molecule has 4 spiro atoms. The second-order valence-corrected chi connectivity index (χ2v) is 23.7. The molecule has 4 atom stereocenters. The molecule has 0 radical (unpaired) electrons. The van der Waals surface area contributed by atoms with Crippen molar-refractivity contribution in [2.45, 2.75) is 120 Å². The van der Waals surface area contributed by atoms with Gasteiger partial charge in [0.25, 0.3) is 0 Å². The first kappa shape index (κ1) is 57.2. The highest BCUT2D eigenvalue weighted by molar-refractivity contribution is 6.10. The van der Waals surface area contributed by atoms with Gasteiger partial charge in [-0.2, -0.15) is 0 Å². The molecule has 4 aliphatic heterocycles. The van der Waals surface area contributed by atoms with E-state index in [9.17, 15) is 14.4 Å². The minimum Gasteiger partial charge on any atom is -0.478 e. The summed E-state index contributed by atoms with van der Waals surface area (Å²) >= 11 is 0. The van der Waals surface area contributed by atoms with E-state index in [1.54, 1.807) is 64.3 Å². The van der Waals surface area contributed by atoms with Crippen LogP contribution in [0.1, 0.15) is 125 Å². The summed E-state index contributed by atoms with van der Waals surface area (Å²) in [7, 11) is 0. The summed E-state index contributed by atoms with van der Waals surface area (Å²) in [5.74, 6) is 2.81. The maximum Gasteiger partial charge on any atom is 0.194 e. The molecular weight excluding hydrogens is 1110 g/mol. The van der Waals surface area contributed by atoms with Crippen LogP contribution in [0.2, 0.25) is 0 Å². The van der Waals surface area contributed by atoms with Crippen LogP contribution in [0.25, 0.3) is 44.5 Å². The number of carbonyl (C=O) groups is 3. The second kappa shape index (κ2) is 23.7. The largest absolute Gasteiger partial charge is 0.478 e. The first-order valence-corrected chi connectivity index (χ1v) is 29.9. The Morgan fingerprint density at radius 3 is 1.11 bits per heavy atom. The van der Waals surface area contributed by atoms with E-state index in [1.165, 1.54) is 42.1 Å². The summed E-state index contributed by atoms with van der Waals surface area (Å²) in [6.07, 6.45) is 31.4. The lowest BCUT2D eigenvalue weighted by molar-refractivity contribution is 0.0828. The zero-order chi connectivity index (χ0) is 60.5. The number of hydrogen-bond acceptors (Lipinski definition) is 19. The number of carbonyl (C=O) groups excluding carboxylic acids is 3. The third-order valence-electron chi connectivity index (χ3n) is 18.1. The summed E-state index contributed by atoms with van der Waals surface area (Å²) in [6, 6.07) is 24.2. The Morgan fingerprint density at radius 1 is 0.386 bits per heavy atom. The number of aryl methyl sites for hydroxylation is 1. The molecule has 4 aromatic carbocycles. The van der Waals surface area contributed by atoms with E-state index < -0.39 is 16.6 Å². The smallest absolute Gasteiger partial charge is 0.194 e. The number of rotatable bonds is 4. The molecule has 0 fully saturated rings. The number of fused-ring (bicyclic) bond motifs is 4. The standard InChI is InChI=1S/C18H20N4.3C17H15N3O2/c19-17-5-7-18(22-17)6-1-2-13-3-4-14(8-15(13)9-18)16-10-20-12-21-11-16;3*1-11-20-17(9-22-11)6-5-14-13(12-7-18-10-19-8-12)3-2-4-15(14)16(17)21/h3-4,8,10-12H,1-2,5-7,9H2,(H2,19,22);3*2-4,7-8,10H,5-6,9H2,1H3/t18-;2*17-;/m110./s1. The van der Waals surface area contributed by atoms with Crippen molar-refractivity contribution in [3.63, 3.8) is 0 Å². The van der Waals surface area contributed by atoms with Crippen LogP contribution in [0, 0.1) is 0 Å². The molecule has 0 amide bonds. The molecule has 8 aromatic rings. The normalized spacial score (nSPS) is 23.3. The summed E-state index contributed by atoms with van der Waals surface area (Å²) in [5.41, 5.74) is 20.3. The first-order valence-electron chi connectivity index (χ1n) is 29.9. The van der Waals surface area contributed by atoms with Gasteiger partial charge in [0.2, 0.25) is 0 Å². The third-order valence-corrected chi connectivity index (χ3v) is 18.1. The molecule has 8 heterocycles. The number of aromatic nitrogens is 8. The van der Waals surface area contributed by atoms with Crippen molar-refractivity contribution in [2.24, 2.45) is 25.7 Å². The van der Waals surface area contributed by atoms with Gasteiger partial charge in [-0.15, -0.1) is 0 Å². The molecular formula is C69H65N13O6. The quantitative estimate of drug-likeness (QED) is 0.172. The zero-order valence-corrected chi connectivity index (χ0v) is 49.4. The Kier molecular flexibility index (Phi) is 15.4. The van der Waals surface area contributed by atoms with Gasteiger partial charge in [0, 0.05) is 116 Å². The molecule has 4 aromatic heterocycles. The number of hydrogen-bond donors (Lipinski definition) is 1. The first-order chi connectivity index (χ1) is 42.8. The fourth-order valence-corrected chi connectivity index (χ4v) is 13.7. The number of amidine groups is 1. The third kappa shape index (κ3) is 11.0. The Hall–Kier alpha value is -9.91. The summed E-state index contributed by atoms with van der Waals surface area (Å²) < 4.78 is 16.4. The number of nitrogens with zero attached hydrogens (tertiary/aromatic N) is 12. The molecule has 19 nitrogen and oxygen atoms in total. The Labute approximate surface area is 509 Å². The summed E-state index contributed by atoms with van der Waals surface area (Å²) in [4.78, 5) is 89.8. The van der Waals surface area contributed by atoms with E-state index in [1.807, 2.05) is 67.0 Å². The lowest BCUT2D eigenvalue weighted by Crippen LogP contribution is -2.42. The number of ketones is 3. The van der Waals surface area contributed by atoms with Crippen molar-refractivity contribution in [3.05, 3.63) is 192 Å². The predicted octanol–water partition coefficient (Wildman–Crippen LogP) is 10.3. The minimum absolute atomic E-state index is 0.0428. The molecule has 4 aliphatic carbocycles. The summed E-state index contributed by atoms with van der Waals surface area (Å²) in [5, 5.41) is 0. The van der Waals surface area contributed by atoms with Crippen molar-refractivity contribution >= 4 is 40.9 Å². The van der Waals surface area contributed by atoms with Gasteiger partial charge in [-0.05, 0) is 121 Å². The highest BCUT2D eigenvalue weighted by atomic mass is 16.5. The summed E-state index contributed by atoms with van der Waals surface area (Å²) in [6.45, 7) is 6.47. The Morgan fingerprint density at radius 2 is 0.761 bits per heavy atom. The van der Waals surface area contributed by atoms with Crippen LogP contribution in [0.5, 0.6) is 0 Å². The highest BCUT2D eigenvalue weighted by Gasteiger charge is 2.49. The lowest BCUT2D eigenvalue weighted by atomic mass is 9.76. The minimum atomic E-state index is -0.719. The fraction of sp³-hybridized carbons (Fsp3) is 0.319. The van der Waals surface area contributed by atoms with Gasteiger partial charge in [0.05, 0.1) is 11.4 Å². The SMILES string of the molecule is CC1=NC2(CCc3c(cccc3-c3cncnc3)C2=O)CO1.CC1=N[C@@]2(CCc3c(cccc3-c3cncnc3)C2=O)CO1.CC1=N[C@]2(CCc3c(cccc3-c3cncnc3)C2=O)CO1.NC1=N[C@]2(CCCc3ccc(-c4cncnc4)cc3C2)CC1. The molecule has 0 saturated heterocycles. The molecule has 16 rings (SSSR count). The maximum absolute atomic E-state index is 13.0. The van der Waals surface area contributed by atoms with Crippen LogP contribution in [-0.2, 0) is 46.3 Å². The Bertz CT molecular complexity index is 3830. The van der Waals surface area contributed by atoms with Crippen LogP contribution < -0.4 is 5.73 Å². The average Bonchev–Trinajstić information content (AvgIpc) is 1.54. The average molecular weight is 1170 g/mol. The number of benzene rings is 4. The van der Waals surface area contributed by atoms with E-state index in [2.05, 4.69) is 73.0 Å². The van der Waals surface area contributed by atoms with Crippen LogP contribution in [0.15, 0.2) is 168 Å². The monoisotopic (exact) mass is 1170 g/mol. The predicted molar refractivity (Wildman–Crippen MR) is 333 cm³/mol. The van der Waals surface area contributed by atoms with Gasteiger partial charge in [0.15, 0.2) is 51.7 Å². The molecule has 442 valence electrons. The molecule has 1 unspecified atom stereocenters. The second-order valence-electron chi connectivity index (χ2n) is 23.7. The zero-order valence-electron chi connectivity index (χ0n) is 49.4. The fourth-order valence-electron chi connectivity index (χ4n) is 13.7. The molecule has 19 heteroatoms. The van der Waals surface area contributed by atoms with E-state index in [-0.39, 0.29) is 22.9 Å². The lowest BCUT2D eigenvalue weighted by Gasteiger charge is -2.30. The van der Waals surface area contributed by atoms with E-state index in [0.717, 1.165) is 130 Å².